The summed E-state index contributed by atoms with van der Waals surface area (Å²) in [6.45, 7) is 21.2. The summed E-state index contributed by atoms with van der Waals surface area (Å²) in [5, 5.41) is 0. The molecule has 31 heavy (non-hydrogen) atoms. The van der Waals surface area contributed by atoms with Crippen molar-refractivity contribution in [1.82, 2.24) is 0 Å². The van der Waals surface area contributed by atoms with E-state index in [-0.39, 0.29) is 16.2 Å². The molecule has 3 aromatic rings. The summed E-state index contributed by atoms with van der Waals surface area (Å²) >= 11 is -1.97. The molecule has 1 heteroatoms. The summed E-state index contributed by atoms with van der Waals surface area (Å²) < 4.78 is 4.73. The van der Waals surface area contributed by atoms with Gasteiger partial charge in [-0.25, -0.2) is 0 Å². The van der Waals surface area contributed by atoms with Crippen LogP contribution in [-0.4, -0.2) is 0 Å². The van der Waals surface area contributed by atoms with Crippen molar-refractivity contribution in [1.29, 1.82) is 0 Å². The fourth-order valence-electron chi connectivity index (χ4n) is 4.03. The van der Waals surface area contributed by atoms with Gasteiger partial charge < -0.3 is 0 Å². The molecule has 0 bridgehead atoms. The molecule has 0 saturated heterocycles. The molecule has 0 fully saturated rings. The molecule has 0 N–H and O–H groups in total. The molecular formula is C30H39I. The van der Waals surface area contributed by atoms with E-state index in [0.29, 0.717) is 0 Å². The molecular weight excluding hydrogens is 487 g/mol. The first-order valence-electron chi connectivity index (χ1n) is 11.3. The van der Waals surface area contributed by atoms with Crippen LogP contribution in [0.1, 0.15) is 79.0 Å². The van der Waals surface area contributed by atoms with Gasteiger partial charge >= 0.3 is 199 Å². The number of rotatable bonds is 3. The second-order valence-electron chi connectivity index (χ2n) is 11.5. The van der Waals surface area contributed by atoms with Crippen LogP contribution in [0.3, 0.4) is 0 Å². The second-order valence-corrected chi connectivity index (χ2v) is 16.6. The molecule has 166 valence electrons. The first-order chi connectivity index (χ1) is 14.3. The predicted octanol–water partition coefficient (Wildman–Crippen LogP) is 8.99. The zero-order valence-electron chi connectivity index (χ0n) is 20.8. The molecule has 0 amide bonds. The molecule has 3 rings (SSSR count). The predicted molar refractivity (Wildman–Crippen MR) is 146 cm³/mol. The van der Waals surface area contributed by atoms with Crippen LogP contribution in [0, 0.1) is 10.7 Å². The Hall–Kier alpha value is -1.61. The van der Waals surface area contributed by atoms with Crippen LogP contribution in [0.15, 0.2) is 72.8 Å². The summed E-state index contributed by atoms with van der Waals surface area (Å²) in [6.07, 6.45) is 0. The molecule has 3 aromatic carbocycles. The Morgan fingerprint density at radius 1 is 0.387 bits per heavy atom. The number of hydrogen-bond donors (Lipinski definition) is 0. The maximum atomic E-state index is 2.42. The first-order valence-corrected chi connectivity index (χ1v) is 14.5. The van der Waals surface area contributed by atoms with Gasteiger partial charge in [0.05, 0.1) is 0 Å². The molecule has 0 aromatic heterocycles. The summed E-state index contributed by atoms with van der Waals surface area (Å²) in [4.78, 5) is 0. The fourth-order valence-corrected chi connectivity index (χ4v) is 12.3. The van der Waals surface area contributed by atoms with Gasteiger partial charge in [0, 0.05) is 0 Å². The van der Waals surface area contributed by atoms with Crippen molar-refractivity contribution >= 4 is 19.8 Å². The molecule has 0 heterocycles. The van der Waals surface area contributed by atoms with Gasteiger partial charge in [0.15, 0.2) is 0 Å². The van der Waals surface area contributed by atoms with Crippen molar-refractivity contribution in [2.24, 2.45) is 0 Å². The maximum absolute atomic E-state index is 2.42. The average Bonchev–Trinajstić information content (AvgIpc) is 2.67. The van der Waals surface area contributed by atoms with Crippen molar-refractivity contribution < 1.29 is 0 Å². The summed E-state index contributed by atoms with van der Waals surface area (Å²) in [6, 6.07) is 27.7. The van der Waals surface area contributed by atoms with E-state index in [9.17, 15) is 0 Å². The number of benzene rings is 3. The molecule has 0 unspecified atom stereocenters. The molecule has 0 aliphatic heterocycles. The molecule has 0 aliphatic rings. The zero-order valence-corrected chi connectivity index (χ0v) is 23.0. The Morgan fingerprint density at radius 3 is 0.839 bits per heavy atom. The van der Waals surface area contributed by atoms with Gasteiger partial charge in [0.25, 0.3) is 0 Å². The molecule has 0 aliphatic carbocycles. The second kappa shape index (κ2) is 8.73. The van der Waals surface area contributed by atoms with Crippen molar-refractivity contribution in [3.8, 4) is 0 Å². The summed E-state index contributed by atoms with van der Waals surface area (Å²) in [7, 11) is 0. The summed E-state index contributed by atoms with van der Waals surface area (Å²) in [5.41, 5.74) is 4.81. The molecule has 0 saturated carbocycles. The average molecular weight is 527 g/mol. The zero-order chi connectivity index (χ0) is 23.0. The Morgan fingerprint density at radius 2 is 0.613 bits per heavy atom. The van der Waals surface area contributed by atoms with Gasteiger partial charge in [-0.3, -0.25) is 0 Å². The van der Waals surface area contributed by atoms with E-state index in [1.165, 1.54) is 16.7 Å². The number of halogens is 1. The van der Waals surface area contributed by atoms with Crippen molar-refractivity contribution in [3.63, 3.8) is 0 Å². The van der Waals surface area contributed by atoms with Crippen LogP contribution >= 0.6 is 19.8 Å². The minimum absolute atomic E-state index is 0.111. The van der Waals surface area contributed by atoms with Gasteiger partial charge in [-0.05, 0) is 0 Å². The van der Waals surface area contributed by atoms with Gasteiger partial charge in [0.2, 0.25) is 0 Å². The Bertz CT molecular complexity index is 902. The van der Waals surface area contributed by atoms with Crippen LogP contribution in [0.2, 0.25) is 0 Å². The van der Waals surface area contributed by atoms with E-state index in [1.807, 2.05) is 0 Å². The monoisotopic (exact) mass is 526 g/mol. The van der Waals surface area contributed by atoms with Crippen LogP contribution < -0.4 is 0 Å². The Kier molecular flexibility index (Phi) is 6.77. The van der Waals surface area contributed by atoms with Gasteiger partial charge in [-0.15, -0.1) is 0 Å². The van der Waals surface area contributed by atoms with Crippen LogP contribution in [0.4, 0.5) is 0 Å². The van der Waals surface area contributed by atoms with Crippen LogP contribution in [0.5, 0.6) is 0 Å². The van der Waals surface area contributed by atoms with E-state index in [0.717, 1.165) is 0 Å². The van der Waals surface area contributed by atoms with Crippen molar-refractivity contribution in [3.05, 3.63) is 100 Å². The van der Waals surface area contributed by atoms with Crippen molar-refractivity contribution in [2.45, 2.75) is 78.6 Å². The third kappa shape index (κ3) is 5.25. The van der Waals surface area contributed by atoms with E-state index in [4.69, 9.17) is 0 Å². The van der Waals surface area contributed by atoms with Gasteiger partial charge in [-0.2, -0.15) is 0 Å². The molecule has 0 radical (unpaired) electrons. The van der Waals surface area contributed by atoms with E-state index in [1.54, 1.807) is 10.7 Å². The molecule has 0 spiro atoms. The SMILES string of the molecule is CC(C)(C)c1ccccc1I(c1ccccc1C(C)(C)C)c1ccccc1C(C)(C)C. The van der Waals surface area contributed by atoms with E-state index < -0.39 is 19.8 Å². The normalized spacial score (nSPS) is 13.3. The van der Waals surface area contributed by atoms with E-state index in [2.05, 4.69) is 135 Å². The van der Waals surface area contributed by atoms with Crippen molar-refractivity contribution in [2.75, 3.05) is 0 Å². The van der Waals surface area contributed by atoms with Gasteiger partial charge in [-0.1, -0.05) is 0 Å². The third-order valence-corrected chi connectivity index (χ3v) is 12.0. The Labute approximate surface area is 197 Å². The third-order valence-electron chi connectivity index (χ3n) is 5.66. The summed E-state index contributed by atoms with van der Waals surface area (Å²) in [5.74, 6) is 0. The standard InChI is InChI=1S/C30H39I/c1-28(2,3)22-16-10-13-19-25(22)31(26-20-14-11-17-23(26)29(4,5)6)27-21-15-12-18-24(27)30(7,8)9/h10-21H,1-9H3. The van der Waals surface area contributed by atoms with Crippen LogP contribution in [-0.2, 0) is 16.2 Å². The number of hydrogen-bond acceptors (Lipinski definition) is 0. The quantitative estimate of drug-likeness (QED) is 0.299. The van der Waals surface area contributed by atoms with E-state index >= 15 is 0 Å². The fraction of sp³-hybridized carbons (Fsp3) is 0.400. The first kappa shape index (κ1) is 24.0. The topological polar surface area (TPSA) is 0 Å². The van der Waals surface area contributed by atoms with Crippen LogP contribution in [0.25, 0.3) is 0 Å². The Balaban J connectivity index is 2.44. The minimum atomic E-state index is -1.97. The molecule has 0 nitrogen and oxygen atoms in total. The molecule has 0 atom stereocenters. The van der Waals surface area contributed by atoms with Gasteiger partial charge in [0.1, 0.15) is 0 Å².